The smallest absolute Gasteiger partial charge is 0.129 e. The fraction of sp³-hybridized carbons (Fsp3) is 0.233. The average Bonchev–Trinajstić information content (AvgIpc) is 2.82. The lowest BCUT2D eigenvalue weighted by atomic mass is 10.0. The van der Waals surface area contributed by atoms with Crippen molar-refractivity contribution in [1.29, 1.82) is 0 Å². The summed E-state index contributed by atoms with van der Waals surface area (Å²) >= 11 is 0. The summed E-state index contributed by atoms with van der Waals surface area (Å²) in [7, 11) is 2.37. The minimum absolute atomic E-state index is 0.429. The molecule has 0 N–H and O–H groups in total. The summed E-state index contributed by atoms with van der Waals surface area (Å²) in [5.74, 6) is 1.46. The highest BCUT2D eigenvalue weighted by atomic mass is 31.1. The molecule has 4 rings (SSSR count). The first-order valence-electron chi connectivity index (χ1n) is 11.5. The lowest BCUT2D eigenvalue weighted by Gasteiger charge is -2.21. The lowest BCUT2D eigenvalue weighted by Crippen LogP contribution is -2.20. The van der Waals surface area contributed by atoms with Gasteiger partial charge in [0.1, 0.15) is 5.75 Å². The van der Waals surface area contributed by atoms with Gasteiger partial charge in [0.05, 0.1) is 12.3 Å². The van der Waals surface area contributed by atoms with E-state index in [1.165, 1.54) is 32.9 Å². The second-order valence-electron chi connectivity index (χ2n) is 8.64. The van der Waals surface area contributed by atoms with Crippen molar-refractivity contribution >= 4 is 24.9 Å². The number of ether oxygens (including phenoxy) is 1. The predicted octanol–water partition coefficient (Wildman–Crippen LogP) is 6.22. The van der Waals surface area contributed by atoms with Gasteiger partial charge in [-0.2, -0.15) is 0 Å². The Morgan fingerprint density at radius 3 is 2.52 bits per heavy atom. The molecule has 3 aromatic carbocycles. The summed E-state index contributed by atoms with van der Waals surface area (Å²) < 4.78 is 6.48. The maximum atomic E-state index is 6.48. The zero-order chi connectivity index (χ0) is 23.2. The Balaban J connectivity index is 1.71. The first-order valence-corrected chi connectivity index (χ1v) is 12.5. The van der Waals surface area contributed by atoms with Crippen molar-refractivity contribution in [3.63, 3.8) is 0 Å². The van der Waals surface area contributed by atoms with Gasteiger partial charge in [-0.15, -0.1) is 0 Å². The minimum atomic E-state index is 0.429. The Hall–Kier alpha value is -2.96. The van der Waals surface area contributed by atoms with Gasteiger partial charge in [0, 0.05) is 29.4 Å². The fourth-order valence-corrected chi connectivity index (χ4v) is 5.92. The second-order valence-corrected chi connectivity index (χ2v) is 9.93. The van der Waals surface area contributed by atoms with Crippen LogP contribution < -0.4 is 15.3 Å². The minimum Gasteiger partial charge on any atom is -0.492 e. The van der Waals surface area contributed by atoms with Gasteiger partial charge in [0.15, 0.2) is 0 Å². The summed E-state index contributed by atoms with van der Waals surface area (Å²) in [5, 5.41) is 2.60. The van der Waals surface area contributed by atoms with Crippen LogP contribution in [-0.2, 0) is 0 Å². The first-order chi connectivity index (χ1) is 16.1. The van der Waals surface area contributed by atoms with E-state index < -0.39 is 0 Å². The van der Waals surface area contributed by atoms with Crippen LogP contribution in [0.15, 0.2) is 90.0 Å². The van der Waals surface area contributed by atoms with E-state index in [0.717, 1.165) is 23.4 Å². The number of benzene rings is 3. The molecule has 0 saturated carbocycles. The van der Waals surface area contributed by atoms with Crippen molar-refractivity contribution in [2.75, 3.05) is 13.7 Å². The Kier molecular flexibility index (Phi) is 7.57. The molecule has 2 nitrogen and oxygen atoms in total. The van der Waals surface area contributed by atoms with Gasteiger partial charge >= 0.3 is 0 Å². The number of aliphatic imine (C=N–C) groups is 1. The number of hydrogen-bond donors (Lipinski definition) is 0. The van der Waals surface area contributed by atoms with Gasteiger partial charge in [0.25, 0.3) is 0 Å². The Bertz CT molecular complexity index is 1210. The molecule has 0 bridgehead atoms. The molecule has 3 heteroatoms. The van der Waals surface area contributed by atoms with E-state index in [4.69, 9.17) is 9.73 Å². The summed E-state index contributed by atoms with van der Waals surface area (Å²) in [6.45, 7) is 7.23. The third-order valence-electron chi connectivity index (χ3n) is 5.99. The molecule has 0 heterocycles. The first kappa shape index (κ1) is 23.2. The Morgan fingerprint density at radius 1 is 0.970 bits per heavy atom. The van der Waals surface area contributed by atoms with Crippen molar-refractivity contribution in [1.82, 2.24) is 0 Å². The number of allylic oxidation sites excluding steroid dienone is 3. The molecule has 0 saturated heterocycles. The van der Waals surface area contributed by atoms with Crippen LogP contribution in [0.3, 0.4) is 0 Å². The van der Waals surface area contributed by atoms with Gasteiger partial charge in [-0.1, -0.05) is 87.5 Å². The summed E-state index contributed by atoms with van der Waals surface area (Å²) in [5.41, 5.74) is 7.14. The molecule has 1 aliphatic carbocycles. The van der Waals surface area contributed by atoms with Crippen LogP contribution in [0.25, 0.3) is 0 Å². The quantitative estimate of drug-likeness (QED) is 0.307. The highest BCUT2D eigenvalue weighted by Gasteiger charge is 2.18. The van der Waals surface area contributed by atoms with Crippen LogP contribution in [0.2, 0.25) is 0 Å². The molecule has 2 unspecified atom stereocenters. The van der Waals surface area contributed by atoms with Crippen LogP contribution in [0.1, 0.15) is 34.2 Å². The van der Waals surface area contributed by atoms with E-state index in [1.54, 1.807) is 0 Å². The molecule has 1 aliphatic rings. The second kappa shape index (κ2) is 10.8. The van der Waals surface area contributed by atoms with Crippen molar-refractivity contribution < 1.29 is 4.74 Å². The number of hydrogen-bond acceptors (Lipinski definition) is 2. The molecule has 0 radical (unpaired) electrons. The molecule has 0 aliphatic heterocycles. The molecular weight excluding hydrogens is 421 g/mol. The van der Waals surface area contributed by atoms with Crippen LogP contribution in [-0.4, -0.2) is 19.4 Å². The summed E-state index contributed by atoms with van der Waals surface area (Å²) in [6.07, 6.45) is 9.73. The number of rotatable bonds is 7. The highest BCUT2D eigenvalue weighted by molar-refractivity contribution is 7.56. The van der Waals surface area contributed by atoms with Gasteiger partial charge in [-0.05, 0) is 55.3 Å². The van der Waals surface area contributed by atoms with E-state index in [0.29, 0.717) is 21.1 Å². The highest BCUT2D eigenvalue weighted by Crippen LogP contribution is 2.28. The molecule has 0 fully saturated rings. The fourth-order valence-electron chi connectivity index (χ4n) is 4.35. The van der Waals surface area contributed by atoms with Gasteiger partial charge in [-0.25, -0.2) is 0 Å². The standard InChI is InChI=1S/C30H32NOP/c1-21-18-23(3)29(32-20-24-13-7-5-8-14-24)27(19-21)33-30-22(2)12-11-17-26(30)28(31-4)25-15-9-6-10-16-25/h5-13,15-19,24,33H,14,20H2,1-4H3/b31-28+. The molecule has 3 aromatic rings. The average molecular weight is 454 g/mol. The van der Waals surface area contributed by atoms with Gasteiger partial charge in [-0.3, -0.25) is 4.99 Å². The summed E-state index contributed by atoms with van der Waals surface area (Å²) in [4.78, 5) is 4.70. The largest absolute Gasteiger partial charge is 0.492 e. The van der Waals surface area contributed by atoms with Gasteiger partial charge < -0.3 is 4.74 Å². The zero-order valence-electron chi connectivity index (χ0n) is 19.9. The van der Waals surface area contributed by atoms with E-state index in [-0.39, 0.29) is 0 Å². The Morgan fingerprint density at radius 2 is 1.79 bits per heavy atom. The van der Waals surface area contributed by atoms with E-state index in [2.05, 4.69) is 99.7 Å². The zero-order valence-corrected chi connectivity index (χ0v) is 20.9. The van der Waals surface area contributed by atoms with E-state index >= 15 is 0 Å². The molecular formula is C30H32NOP. The maximum Gasteiger partial charge on any atom is 0.129 e. The molecule has 0 spiro atoms. The maximum absolute atomic E-state index is 6.48. The SMILES string of the molecule is C/N=C(\c1ccccc1)c1cccc(C)c1Pc1cc(C)cc(C)c1OCC1C=CC=CC1. The molecule has 33 heavy (non-hydrogen) atoms. The van der Waals surface area contributed by atoms with E-state index in [9.17, 15) is 0 Å². The topological polar surface area (TPSA) is 21.6 Å². The van der Waals surface area contributed by atoms with Crippen LogP contribution in [0.4, 0.5) is 0 Å². The van der Waals surface area contributed by atoms with E-state index in [1.807, 2.05) is 13.1 Å². The number of aryl methyl sites for hydroxylation is 3. The third kappa shape index (κ3) is 5.52. The van der Waals surface area contributed by atoms with Gasteiger partial charge in [0.2, 0.25) is 0 Å². The Labute approximate surface area is 199 Å². The van der Waals surface area contributed by atoms with Crippen molar-refractivity contribution in [3.8, 4) is 5.75 Å². The molecule has 2 atom stereocenters. The van der Waals surface area contributed by atoms with Crippen molar-refractivity contribution in [2.24, 2.45) is 10.9 Å². The molecule has 0 aromatic heterocycles. The summed E-state index contributed by atoms with van der Waals surface area (Å²) in [6, 6.07) is 21.5. The molecule has 0 amide bonds. The van der Waals surface area contributed by atoms with Crippen molar-refractivity contribution in [2.45, 2.75) is 27.2 Å². The molecule has 168 valence electrons. The predicted molar refractivity (Wildman–Crippen MR) is 145 cm³/mol. The monoisotopic (exact) mass is 453 g/mol. The van der Waals surface area contributed by atoms with Crippen LogP contribution in [0.5, 0.6) is 5.75 Å². The lowest BCUT2D eigenvalue weighted by molar-refractivity contribution is 0.276. The number of nitrogens with zero attached hydrogens (tertiary/aromatic N) is 1. The normalized spacial score (nSPS) is 16.0. The van der Waals surface area contributed by atoms with Crippen LogP contribution >= 0.6 is 8.58 Å². The van der Waals surface area contributed by atoms with Crippen LogP contribution in [0, 0.1) is 26.7 Å². The third-order valence-corrected chi connectivity index (χ3v) is 7.54. The van der Waals surface area contributed by atoms with Crippen molar-refractivity contribution in [3.05, 3.63) is 113 Å².